The van der Waals surface area contributed by atoms with Crippen LogP contribution < -0.4 is 5.32 Å². The van der Waals surface area contributed by atoms with Crippen molar-refractivity contribution >= 4 is 11.6 Å². The van der Waals surface area contributed by atoms with E-state index in [9.17, 15) is 9.59 Å². The first kappa shape index (κ1) is 21.2. The average molecular weight is 244 g/mol. The Hall–Kier alpha value is -1.16. The van der Waals surface area contributed by atoms with Crippen molar-refractivity contribution in [2.45, 2.75) is 34.6 Å². The highest BCUT2D eigenvalue weighted by Crippen LogP contribution is 1.88. The van der Waals surface area contributed by atoms with Crippen LogP contribution in [0.3, 0.4) is 0 Å². The van der Waals surface area contributed by atoms with Crippen LogP contribution in [0.15, 0.2) is 12.3 Å². The number of nitrogens with zero attached hydrogens (tertiary/aromatic N) is 1. The van der Waals surface area contributed by atoms with Gasteiger partial charge in [-0.05, 0) is 14.1 Å². The third-order valence-electron chi connectivity index (χ3n) is 1.49. The molecule has 0 fully saturated rings. The molecule has 0 aliphatic carbocycles. The van der Waals surface area contributed by atoms with E-state index in [0.29, 0.717) is 6.54 Å². The van der Waals surface area contributed by atoms with Gasteiger partial charge in [-0.2, -0.15) is 0 Å². The van der Waals surface area contributed by atoms with Crippen molar-refractivity contribution in [2.75, 3.05) is 27.2 Å². The first-order chi connectivity index (χ1) is 7.95. The fourth-order valence-corrected chi connectivity index (χ4v) is 0.723. The highest BCUT2D eigenvalue weighted by atomic mass is 16.2. The van der Waals surface area contributed by atoms with E-state index in [-0.39, 0.29) is 5.70 Å². The van der Waals surface area contributed by atoms with Gasteiger partial charge in [-0.15, -0.1) is 0 Å². The normalized spacial score (nSPS) is 8.24. The van der Waals surface area contributed by atoms with Gasteiger partial charge in [-0.3, -0.25) is 9.59 Å². The number of likely N-dealkylation sites (N-methyl/N-ethyl adjacent to an activating group) is 1. The summed E-state index contributed by atoms with van der Waals surface area (Å²) >= 11 is 0. The average Bonchev–Trinajstić information content (AvgIpc) is 2.32. The summed E-state index contributed by atoms with van der Waals surface area (Å²) < 4.78 is 0. The third kappa shape index (κ3) is 14.8. The fourth-order valence-electron chi connectivity index (χ4n) is 0.723. The molecule has 4 heteroatoms. The molecule has 17 heavy (non-hydrogen) atoms. The summed E-state index contributed by atoms with van der Waals surface area (Å²) in [6.45, 7) is 14.1. The zero-order valence-corrected chi connectivity index (χ0v) is 12.4. The number of hydrogen-bond donors (Lipinski definition) is 1. The Balaban J connectivity index is -0.000000439. The summed E-state index contributed by atoms with van der Waals surface area (Å²) in [5, 5.41) is 2.79. The van der Waals surface area contributed by atoms with E-state index in [2.05, 4.69) is 11.9 Å². The zero-order chi connectivity index (χ0) is 14.4. The lowest BCUT2D eigenvalue weighted by atomic mass is 10.2. The Morgan fingerprint density at radius 3 is 1.82 bits per heavy atom. The maximum absolute atomic E-state index is 11.0. The maximum Gasteiger partial charge on any atom is 0.243 e. The van der Waals surface area contributed by atoms with Gasteiger partial charge < -0.3 is 10.2 Å². The summed E-state index contributed by atoms with van der Waals surface area (Å²) in [5.41, 5.74) is 0.175. The number of Topliss-reactive ketones (excluding diaryl/α,β-unsaturated/α-hetero) is 2. The molecular formula is C13H28N2O2. The summed E-state index contributed by atoms with van der Waals surface area (Å²) in [5.74, 6) is -1.03. The predicted molar refractivity (Wildman–Crippen MR) is 74.1 cm³/mol. The van der Waals surface area contributed by atoms with Crippen LogP contribution in [0.25, 0.3) is 0 Å². The van der Waals surface area contributed by atoms with Gasteiger partial charge in [0.25, 0.3) is 0 Å². The van der Waals surface area contributed by atoms with Crippen molar-refractivity contribution in [2.24, 2.45) is 0 Å². The Bertz CT molecular complexity index is 223. The molecule has 0 rings (SSSR count). The number of nitrogens with one attached hydrogen (secondary N) is 1. The maximum atomic E-state index is 11.0. The Morgan fingerprint density at radius 2 is 1.53 bits per heavy atom. The van der Waals surface area contributed by atoms with Gasteiger partial charge in [0.2, 0.25) is 11.6 Å². The molecule has 0 aliphatic rings. The molecule has 1 N–H and O–H groups in total. The highest BCUT2D eigenvalue weighted by molar-refractivity contribution is 6.42. The van der Waals surface area contributed by atoms with Crippen LogP contribution in [-0.2, 0) is 9.59 Å². The summed E-state index contributed by atoms with van der Waals surface area (Å²) in [4.78, 5) is 23.6. The van der Waals surface area contributed by atoms with E-state index in [0.717, 1.165) is 6.54 Å². The number of rotatable bonds is 6. The lowest BCUT2D eigenvalue weighted by Crippen LogP contribution is -2.30. The van der Waals surface area contributed by atoms with E-state index in [4.69, 9.17) is 0 Å². The first-order valence-electron chi connectivity index (χ1n) is 6.08. The molecule has 0 aliphatic heterocycles. The van der Waals surface area contributed by atoms with Gasteiger partial charge in [-0.25, -0.2) is 0 Å². The van der Waals surface area contributed by atoms with E-state index in [1.807, 2.05) is 46.7 Å². The monoisotopic (exact) mass is 244 g/mol. The summed E-state index contributed by atoms with van der Waals surface area (Å²) in [6, 6.07) is 0. The lowest BCUT2D eigenvalue weighted by molar-refractivity contribution is -0.133. The van der Waals surface area contributed by atoms with Crippen LogP contribution in [0.1, 0.15) is 34.6 Å². The van der Waals surface area contributed by atoms with Gasteiger partial charge >= 0.3 is 0 Å². The van der Waals surface area contributed by atoms with Crippen LogP contribution in [-0.4, -0.2) is 43.7 Å². The van der Waals surface area contributed by atoms with Crippen LogP contribution in [0.5, 0.6) is 0 Å². The van der Waals surface area contributed by atoms with E-state index >= 15 is 0 Å². The second kappa shape index (κ2) is 14.8. The van der Waals surface area contributed by atoms with Crippen molar-refractivity contribution in [3.63, 3.8) is 0 Å². The van der Waals surface area contributed by atoms with Crippen LogP contribution in [0.2, 0.25) is 0 Å². The van der Waals surface area contributed by atoms with Gasteiger partial charge in [0.05, 0.1) is 5.70 Å². The molecule has 0 aromatic carbocycles. The molecular weight excluding hydrogens is 216 g/mol. The third-order valence-corrected chi connectivity index (χ3v) is 1.49. The zero-order valence-electron chi connectivity index (χ0n) is 12.4. The molecule has 0 aromatic rings. The lowest BCUT2D eigenvalue weighted by Gasteiger charge is -2.11. The van der Waals surface area contributed by atoms with E-state index in [1.165, 1.54) is 6.92 Å². The van der Waals surface area contributed by atoms with Crippen LogP contribution in [0, 0.1) is 0 Å². The Morgan fingerprint density at radius 1 is 1.12 bits per heavy atom. The number of ketones is 2. The molecule has 0 spiro atoms. The summed E-state index contributed by atoms with van der Waals surface area (Å²) in [7, 11) is 3.86. The molecule has 0 bridgehead atoms. The molecule has 0 radical (unpaired) electrons. The Labute approximate surface area is 106 Å². The molecule has 4 nitrogen and oxygen atoms in total. The molecule has 0 unspecified atom stereocenters. The van der Waals surface area contributed by atoms with Gasteiger partial charge in [-0.1, -0.05) is 34.3 Å². The van der Waals surface area contributed by atoms with E-state index in [1.54, 1.807) is 0 Å². The molecule has 0 atom stereocenters. The van der Waals surface area contributed by atoms with Gasteiger partial charge in [0, 0.05) is 20.0 Å². The molecule has 0 saturated heterocycles. The molecule has 0 heterocycles. The topological polar surface area (TPSA) is 49.4 Å². The molecule has 102 valence electrons. The minimum Gasteiger partial charge on any atom is -0.381 e. The highest BCUT2D eigenvalue weighted by Gasteiger charge is 2.11. The number of carbonyl (C=O) groups excluding carboxylic acids is 2. The van der Waals surface area contributed by atoms with Crippen molar-refractivity contribution in [1.82, 2.24) is 10.2 Å². The molecule has 0 amide bonds. The fraction of sp³-hybridized carbons (Fsp3) is 0.692. The van der Waals surface area contributed by atoms with Crippen molar-refractivity contribution in [3.8, 4) is 0 Å². The minimum atomic E-state index is -0.543. The number of allylic oxidation sites excluding steroid dienone is 1. The largest absolute Gasteiger partial charge is 0.381 e. The SMILES string of the molecule is C=C(NCCN(C)C)C(=O)C(C)=O.CC.CC. The predicted octanol–water partition coefficient (Wildman–Crippen LogP) is 1.86. The second-order valence-electron chi connectivity index (χ2n) is 3.09. The number of hydrogen-bond acceptors (Lipinski definition) is 4. The van der Waals surface area contributed by atoms with Crippen molar-refractivity contribution in [1.29, 1.82) is 0 Å². The minimum absolute atomic E-state index is 0.175. The molecule has 0 saturated carbocycles. The van der Waals surface area contributed by atoms with Crippen molar-refractivity contribution in [3.05, 3.63) is 12.3 Å². The van der Waals surface area contributed by atoms with E-state index < -0.39 is 11.6 Å². The Kier molecular flexibility index (Phi) is 18.5. The smallest absolute Gasteiger partial charge is 0.243 e. The van der Waals surface area contributed by atoms with Gasteiger partial charge in [0.1, 0.15) is 0 Å². The van der Waals surface area contributed by atoms with Crippen LogP contribution in [0.4, 0.5) is 0 Å². The quantitative estimate of drug-likeness (QED) is 0.572. The van der Waals surface area contributed by atoms with Crippen LogP contribution >= 0.6 is 0 Å². The van der Waals surface area contributed by atoms with Crippen molar-refractivity contribution < 1.29 is 9.59 Å². The summed E-state index contributed by atoms with van der Waals surface area (Å²) in [6.07, 6.45) is 0. The van der Waals surface area contributed by atoms with Gasteiger partial charge in [0.15, 0.2) is 0 Å². The standard InChI is InChI=1S/C9H16N2O2.2C2H6/c1-7(9(13)8(2)12)10-5-6-11(3)4;2*1-2/h10H,1,5-6H2,2-4H3;2*1-2H3. The second-order valence-corrected chi connectivity index (χ2v) is 3.09. The first-order valence-corrected chi connectivity index (χ1v) is 6.08. The molecule has 0 aromatic heterocycles. The number of carbonyl (C=O) groups is 2.